The molecule has 0 heterocycles. The van der Waals surface area contributed by atoms with Crippen LogP contribution in [0.2, 0.25) is 0 Å². The summed E-state index contributed by atoms with van der Waals surface area (Å²) in [7, 11) is 1.61. The van der Waals surface area contributed by atoms with Crippen LogP contribution in [-0.2, 0) is 9.59 Å². The van der Waals surface area contributed by atoms with Crippen molar-refractivity contribution in [1.29, 1.82) is 0 Å². The third-order valence-electron chi connectivity index (χ3n) is 5.54. The van der Waals surface area contributed by atoms with Crippen molar-refractivity contribution in [1.82, 2.24) is 5.32 Å². The summed E-state index contributed by atoms with van der Waals surface area (Å²) < 4.78 is 5.13. The van der Waals surface area contributed by atoms with Crippen molar-refractivity contribution in [2.24, 2.45) is 17.8 Å². The highest BCUT2D eigenvalue weighted by Gasteiger charge is 2.30. The first kappa shape index (κ1) is 20.3. The number of hydrogen-bond acceptors (Lipinski definition) is 3. The van der Waals surface area contributed by atoms with Gasteiger partial charge >= 0.3 is 0 Å². The molecule has 0 radical (unpaired) electrons. The lowest BCUT2D eigenvalue weighted by Crippen LogP contribution is -2.49. The van der Waals surface area contributed by atoms with Crippen LogP contribution in [0, 0.1) is 17.8 Å². The predicted octanol–water partition coefficient (Wildman–Crippen LogP) is 3.99. The number of methoxy groups -OCH3 is 1. The van der Waals surface area contributed by atoms with Gasteiger partial charge in [0.1, 0.15) is 11.8 Å². The fourth-order valence-corrected chi connectivity index (χ4v) is 3.39. The Bertz CT molecular complexity index is 592. The number of rotatable bonds is 7. The second-order valence-corrected chi connectivity index (χ2v) is 7.55. The van der Waals surface area contributed by atoms with Crippen LogP contribution in [0.3, 0.4) is 0 Å². The SMILES string of the molecule is CC[C@H](C)[C@@H](NC(=O)C1CCC(C)CC1)C(=O)Nc1ccc(OC)cc1. The lowest BCUT2D eigenvalue weighted by molar-refractivity contribution is -0.131. The van der Waals surface area contributed by atoms with Gasteiger partial charge in [-0.2, -0.15) is 0 Å². The summed E-state index contributed by atoms with van der Waals surface area (Å²) in [5.41, 5.74) is 0.699. The van der Waals surface area contributed by atoms with E-state index in [4.69, 9.17) is 4.74 Å². The molecule has 1 aliphatic carbocycles. The topological polar surface area (TPSA) is 67.4 Å². The number of carbonyl (C=O) groups is 2. The van der Waals surface area contributed by atoms with Crippen LogP contribution in [0.1, 0.15) is 52.9 Å². The molecule has 5 nitrogen and oxygen atoms in total. The van der Waals surface area contributed by atoms with E-state index in [0.29, 0.717) is 11.6 Å². The average Bonchev–Trinajstić information content (AvgIpc) is 2.66. The van der Waals surface area contributed by atoms with Crippen molar-refractivity contribution in [2.75, 3.05) is 12.4 Å². The van der Waals surface area contributed by atoms with E-state index in [2.05, 4.69) is 17.6 Å². The summed E-state index contributed by atoms with van der Waals surface area (Å²) >= 11 is 0. The van der Waals surface area contributed by atoms with Crippen LogP contribution in [0.25, 0.3) is 0 Å². The summed E-state index contributed by atoms with van der Waals surface area (Å²) in [5.74, 6) is 1.39. The van der Waals surface area contributed by atoms with Gasteiger partial charge in [0.2, 0.25) is 11.8 Å². The van der Waals surface area contributed by atoms with Crippen LogP contribution < -0.4 is 15.4 Å². The van der Waals surface area contributed by atoms with Gasteiger partial charge in [-0.15, -0.1) is 0 Å². The zero-order valence-corrected chi connectivity index (χ0v) is 16.4. The Hall–Kier alpha value is -2.04. The molecule has 5 heteroatoms. The molecule has 2 rings (SSSR count). The monoisotopic (exact) mass is 360 g/mol. The standard InChI is InChI=1S/C21H32N2O3/c1-5-15(3)19(23-20(24)16-8-6-14(2)7-9-16)21(25)22-17-10-12-18(26-4)13-11-17/h10-16,19H,5-9H2,1-4H3,(H,22,25)(H,23,24)/t14?,15-,16?,19+/m0/s1. The molecule has 1 aromatic rings. The molecule has 0 unspecified atom stereocenters. The molecule has 1 saturated carbocycles. The zero-order chi connectivity index (χ0) is 19.1. The van der Waals surface area contributed by atoms with Gasteiger partial charge in [-0.1, -0.05) is 27.2 Å². The quantitative estimate of drug-likeness (QED) is 0.772. The second kappa shape index (κ2) is 9.60. The van der Waals surface area contributed by atoms with Crippen molar-refractivity contribution < 1.29 is 14.3 Å². The molecule has 1 fully saturated rings. The summed E-state index contributed by atoms with van der Waals surface area (Å²) in [6.07, 6.45) is 4.83. The highest BCUT2D eigenvalue weighted by atomic mass is 16.5. The van der Waals surface area contributed by atoms with Crippen LogP contribution >= 0.6 is 0 Å². The lowest BCUT2D eigenvalue weighted by Gasteiger charge is -2.29. The Balaban J connectivity index is 2.00. The molecule has 1 aliphatic rings. The van der Waals surface area contributed by atoms with E-state index in [9.17, 15) is 9.59 Å². The van der Waals surface area contributed by atoms with Gasteiger partial charge in [-0.05, 0) is 61.8 Å². The highest BCUT2D eigenvalue weighted by Crippen LogP contribution is 2.28. The molecule has 0 aromatic heterocycles. The molecule has 0 aliphatic heterocycles. The Morgan fingerprint density at radius 1 is 1.15 bits per heavy atom. The Morgan fingerprint density at radius 2 is 1.77 bits per heavy atom. The van der Waals surface area contributed by atoms with E-state index in [1.54, 1.807) is 31.4 Å². The van der Waals surface area contributed by atoms with Gasteiger partial charge in [0, 0.05) is 11.6 Å². The van der Waals surface area contributed by atoms with Crippen molar-refractivity contribution in [3.63, 3.8) is 0 Å². The zero-order valence-electron chi connectivity index (χ0n) is 16.4. The highest BCUT2D eigenvalue weighted by molar-refractivity contribution is 5.97. The van der Waals surface area contributed by atoms with Crippen LogP contribution in [0.15, 0.2) is 24.3 Å². The Kier molecular flexibility index (Phi) is 7.49. The predicted molar refractivity (Wildman–Crippen MR) is 104 cm³/mol. The fraction of sp³-hybridized carbons (Fsp3) is 0.619. The summed E-state index contributed by atoms with van der Waals surface area (Å²) in [4.78, 5) is 25.4. The molecule has 26 heavy (non-hydrogen) atoms. The first-order valence-corrected chi connectivity index (χ1v) is 9.69. The Labute approximate surface area is 156 Å². The average molecular weight is 360 g/mol. The van der Waals surface area contributed by atoms with Crippen LogP contribution in [0.5, 0.6) is 5.75 Å². The van der Waals surface area contributed by atoms with Gasteiger partial charge in [0.05, 0.1) is 7.11 Å². The van der Waals surface area contributed by atoms with Crippen molar-refractivity contribution in [3.8, 4) is 5.75 Å². The lowest BCUT2D eigenvalue weighted by atomic mass is 9.82. The molecule has 144 valence electrons. The molecule has 2 atom stereocenters. The number of hydrogen-bond donors (Lipinski definition) is 2. The molecule has 2 amide bonds. The molecule has 0 spiro atoms. The van der Waals surface area contributed by atoms with Gasteiger partial charge in [-0.3, -0.25) is 9.59 Å². The Morgan fingerprint density at radius 3 is 2.31 bits per heavy atom. The number of ether oxygens (including phenoxy) is 1. The smallest absolute Gasteiger partial charge is 0.247 e. The number of benzene rings is 1. The molecular formula is C21H32N2O3. The molecule has 0 bridgehead atoms. The number of nitrogens with one attached hydrogen (secondary N) is 2. The first-order chi connectivity index (χ1) is 12.4. The van der Waals surface area contributed by atoms with E-state index in [0.717, 1.165) is 37.9 Å². The van der Waals surface area contributed by atoms with E-state index in [1.165, 1.54) is 0 Å². The minimum Gasteiger partial charge on any atom is -0.497 e. The minimum atomic E-state index is -0.519. The van der Waals surface area contributed by atoms with E-state index in [-0.39, 0.29) is 23.7 Å². The first-order valence-electron chi connectivity index (χ1n) is 9.69. The van der Waals surface area contributed by atoms with E-state index >= 15 is 0 Å². The fourth-order valence-electron chi connectivity index (χ4n) is 3.39. The maximum atomic E-state index is 12.8. The third kappa shape index (κ3) is 5.48. The molecule has 0 saturated heterocycles. The number of anilines is 1. The van der Waals surface area contributed by atoms with E-state index in [1.807, 2.05) is 13.8 Å². The summed E-state index contributed by atoms with van der Waals surface area (Å²) in [6.45, 7) is 6.27. The van der Waals surface area contributed by atoms with Crippen LogP contribution in [0.4, 0.5) is 5.69 Å². The van der Waals surface area contributed by atoms with Gasteiger partial charge in [0.15, 0.2) is 0 Å². The molecule has 1 aromatic carbocycles. The van der Waals surface area contributed by atoms with Crippen molar-refractivity contribution in [2.45, 2.75) is 58.9 Å². The maximum Gasteiger partial charge on any atom is 0.247 e. The minimum absolute atomic E-state index is 0.0204. The normalized spacial score (nSPS) is 22.2. The van der Waals surface area contributed by atoms with Gasteiger partial charge in [-0.25, -0.2) is 0 Å². The van der Waals surface area contributed by atoms with Crippen molar-refractivity contribution in [3.05, 3.63) is 24.3 Å². The number of amides is 2. The molecular weight excluding hydrogens is 328 g/mol. The largest absolute Gasteiger partial charge is 0.497 e. The molecule has 2 N–H and O–H groups in total. The number of carbonyl (C=O) groups excluding carboxylic acids is 2. The van der Waals surface area contributed by atoms with E-state index < -0.39 is 6.04 Å². The van der Waals surface area contributed by atoms with Crippen LogP contribution in [-0.4, -0.2) is 25.0 Å². The van der Waals surface area contributed by atoms with Gasteiger partial charge < -0.3 is 15.4 Å². The maximum absolute atomic E-state index is 12.8. The third-order valence-corrected chi connectivity index (χ3v) is 5.54. The van der Waals surface area contributed by atoms with Gasteiger partial charge in [0.25, 0.3) is 0 Å². The van der Waals surface area contributed by atoms with Crippen molar-refractivity contribution >= 4 is 17.5 Å². The second-order valence-electron chi connectivity index (χ2n) is 7.55. The summed E-state index contributed by atoms with van der Waals surface area (Å²) in [6, 6.07) is 6.68. The summed E-state index contributed by atoms with van der Waals surface area (Å²) in [5, 5.41) is 5.93.